The Morgan fingerprint density at radius 1 is 1.46 bits per heavy atom. The van der Waals surface area contributed by atoms with E-state index in [1.54, 1.807) is 0 Å². The first-order valence-electron chi connectivity index (χ1n) is 5.09. The van der Waals surface area contributed by atoms with E-state index in [1.165, 1.54) is 5.57 Å². The van der Waals surface area contributed by atoms with Crippen molar-refractivity contribution in [3.63, 3.8) is 0 Å². The van der Waals surface area contributed by atoms with Gasteiger partial charge in [0.1, 0.15) is 5.78 Å². The van der Waals surface area contributed by atoms with Gasteiger partial charge in [0.15, 0.2) is 0 Å². The molecule has 2 nitrogen and oxygen atoms in total. The average Bonchev–Trinajstić information content (AvgIpc) is 2.09. The minimum Gasteiger partial charge on any atom is -0.320 e. The molecule has 1 fully saturated rings. The summed E-state index contributed by atoms with van der Waals surface area (Å²) in [5.74, 6) is 0.434. The number of piperidine rings is 1. The Morgan fingerprint density at radius 3 is 2.38 bits per heavy atom. The third kappa shape index (κ3) is 2.66. The smallest absolute Gasteiger partial charge is 0.144 e. The van der Waals surface area contributed by atoms with E-state index in [9.17, 15) is 4.79 Å². The Balaban J connectivity index is 2.60. The van der Waals surface area contributed by atoms with Crippen LogP contribution in [0.3, 0.4) is 0 Å². The highest BCUT2D eigenvalue weighted by Crippen LogP contribution is 2.18. The molecule has 0 aliphatic carbocycles. The number of Topliss-reactive ketones (excluding diaryl/α,β-unsaturated/α-hetero) is 1. The third-order valence-electron chi connectivity index (χ3n) is 3.01. The van der Waals surface area contributed by atoms with E-state index >= 15 is 0 Å². The minimum absolute atomic E-state index is 0.434. The first kappa shape index (κ1) is 10.5. The van der Waals surface area contributed by atoms with Gasteiger partial charge in [-0.15, -0.1) is 0 Å². The quantitative estimate of drug-likeness (QED) is 0.480. The molecule has 1 heterocycles. The number of likely N-dealkylation sites (N-methyl/N-ethyl adjacent to an activating group) is 1. The number of nitrogens with zero attached hydrogens (tertiary/aromatic N) is 1. The minimum atomic E-state index is 0.434. The molecular formula is C11H20NO+. The molecule has 0 amide bonds. The molecule has 0 saturated carbocycles. The van der Waals surface area contributed by atoms with Crippen LogP contribution in [0.5, 0.6) is 0 Å². The van der Waals surface area contributed by atoms with Crippen molar-refractivity contribution >= 4 is 5.78 Å². The van der Waals surface area contributed by atoms with Gasteiger partial charge in [-0.25, -0.2) is 0 Å². The molecule has 13 heavy (non-hydrogen) atoms. The largest absolute Gasteiger partial charge is 0.320 e. The van der Waals surface area contributed by atoms with Crippen LogP contribution >= 0.6 is 0 Å². The Labute approximate surface area is 80.8 Å². The summed E-state index contributed by atoms with van der Waals surface area (Å²) >= 11 is 0. The lowest BCUT2D eigenvalue weighted by Crippen LogP contribution is -2.53. The first-order chi connectivity index (χ1) is 6.08. The number of carbonyl (C=O) groups excluding carboxylic acids is 1. The van der Waals surface area contributed by atoms with Crippen molar-refractivity contribution in [2.75, 3.05) is 26.2 Å². The summed E-state index contributed by atoms with van der Waals surface area (Å²) in [5, 5.41) is 0. The zero-order valence-corrected chi connectivity index (χ0v) is 8.81. The van der Waals surface area contributed by atoms with Gasteiger partial charge in [-0.05, 0) is 19.4 Å². The fourth-order valence-corrected chi connectivity index (χ4v) is 2.12. The molecule has 0 aromatic rings. The number of rotatable bonds is 3. The monoisotopic (exact) mass is 182 g/mol. The highest BCUT2D eigenvalue weighted by Gasteiger charge is 2.30. The van der Waals surface area contributed by atoms with Crippen molar-refractivity contribution in [3.8, 4) is 0 Å². The van der Waals surface area contributed by atoms with Gasteiger partial charge in [0.2, 0.25) is 0 Å². The van der Waals surface area contributed by atoms with Gasteiger partial charge in [-0.1, -0.05) is 6.58 Å². The van der Waals surface area contributed by atoms with Gasteiger partial charge in [-0.2, -0.15) is 0 Å². The number of hydrogen-bond acceptors (Lipinski definition) is 1. The lowest BCUT2D eigenvalue weighted by atomic mass is 10.1. The molecule has 1 aliphatic heterocycles. The molecule has 0 spiro atoms. The highest BCUT2D eigenvalue weighted by atomic mass is 16.1. The Hall–Kier alpha value is -0.630. The maximum absolute atomic E-state index is 11.1. The molecule has 1 saturated heterocycles. The van der Waals surface area contributed by atoms with Gasteiger partial charge >= 0.3 is 0 Å². The maximum Gasteiger partial charge on any atom is 0.144 e. The second kappa shape index (κ2) is 4.05. The molecule has 74 valence electrons. The van der Waals surface area contributed by atoms with E-state index in [4.69, 9.17) is 0 Å². The number of quaternary nitrogens is 1. The number of ketones is 1. The van der Waals surface area contributed by atoms with E-state index in [0.717, 1.165) is 43.5 Å². The molecule has 0 atom stereocenters. The normalized spacial score (nSPS) is 21.5. The molecule has 0 radical (unpaired) electrons. The highest BCUT2D eigenvalue weighted by molar-refractivity contribution is 5.79. The molecule has 0 unspecified atom stereocenters. The van der Waals surface area contributed by atoms with Crippen LogP contribution in [-0.2, 0) is 4.79 Å². The van der Waals surface area contributed by atoms with Crippen LogP contribution in [0, 0.1) is 0 Å². The van der Waals surface area contributed by atoms with Crippen molar-refractivity contribution in [1.82, 2.24) is 0 Å². The van der Waals surface area contributed by atoms with Gasteiger partial charge in [0, 0.05) is 0 Å². The zero-order chi connectivity index (χ0) is 9.90. The molecule has 0 aromatic carbocycles. The first-order valence-corrected chi connectivity index (χ1v) is 5.09. The molecular weight excluding hydrogens is 162 g/mol. The van der Waals surface area contributed by atoms with Crippen LogP contribution in [0.4, 0.5) is 0 Å². The van der Waals surface area contributed by atoms with Crippen molar-refractivity contribution in [3.05, 3.63) is 12.2 Å². The molecule has 0 N–H and O–H groups in total. The SMILES string of the molecule is C=C(C)C[N+]1(CC)CCC(=O)CC1. The van der Waals surface area contributed by atoms with Gasteiger partial charge in [0.25, 0.3) is 0 Å². The molecule has 1 rings (SSSR count). The fourth-order valence-electron chi connectivity index (χ4n) is 2.12. The van der Waals surface area contributed by atoms with Crippen LogP contribution < -0.4 is 0 Å². The standard InChI is InChI=1S/C11H20NO/c1-4-12(9-10(2)3)7-5-11(13)6-8-12/h2,4-9H2,1,3H3/q+1. The summed E-state index contributed by atoms with van der Waals surface area (Å²) in [6.45, 7) is 12.4. The fraction of sp³-hybridized carbons (Fsp3) is 0.727. The summed E-state index contributed by atoms with van der Waals surface area (Å²) < 4.78 is 1.07. The summed E-state index contributed by atoms with van der Waals surface area (Å²) in [6.07, 6.45) is 1.53. The molecule has 1 aliphatic rings. The Bertz CT molecular complexity index is 210. The predicted octanol–water partition coefficient (Wildman–Crippen LogP) is 1.76. The van der Waals surface area contributed by atoms with E-state index in [0.29, 0.717) is 5.78 Å². The number of hydrogen-bond donors (Lipinski definition) is 0. The topological polar surface area (TPSA) is 17.1 Å². The molecule has 0 aromatic heterocycles. The predicted molar refractivity (Wildman–Crippen MR) is 54.5 cm³/mol. The Morgan fingerprint density at radius 2 is 2.00 bits per heavy atom. The van der Waals surface area contributed by atoms with Crippen LogP contribution in [0.25, 0.3) is 0 Å². The molecule has 0 bridgehead atoms. The van der Waals surface area contributed by atoms with Gasteiger partial charge in [0.05, 0.1) is 39.0 Å². The lowest BCUT2D eigenvalue weighted by Gasteiger charge is -2.40. The number of likely N-dealkylation sites (tertiary alicyclic amines) is 1. The van der Waals surface area contributed by atoms with E-state index in [1.807, 2.05) is 0 Å². The van der Waals surface area contributed by atoms with E-state index < -0.39 is 0 Å². The lowest BCUT2D eigenvalue weighted by molar-refractivity contribution is -0.923. The third-order valence-corrected chi connectivity index (χ3v) is 3.01. The van der Waals surface area contributed by atoms with Crippen molar-refractivity contribution in [2.45, 2.75) is 26.7 Å². The van der Waals surface area contributed by atoms with Crippen LogP contribution in [0.2, 0.25) is 0 Å². The second-order valence-electron chi connectivity index (χ2n) is 4.26. The van der Waals surface area contributed by atoms with E-state index in [2.05, 4.69) is 20.4 Å². The van der Waals surface area contributed by atoms with Crippen molar-refractivity contribution in [1.29, 1.82) is 0 Å². The summed E-state index contributed by atoms with van der Waals surface area (Å²) in [5.41, 5.74) is 1.23. The van der Waals surface area contributed by atoms with Crippen molar-refractivity contribution < 1.29 is 9.28 Å². The summed E-state index contributed by atoms with van der Waals surface area (Å²) in [6, 6.07) is 0. The second-order valence-corrected chi connectivity index (χ2v) is 4.26. The van der Waals surface area contributed by atoms with Crippen LogP contribution in [0.15, 0.2) is 12.2 Å². The van der Waals surface area contributed by atoms with Crippen LogP contribution in [-0.4, -0.2) is 36.4 Å². The van der Waals surface area contributed by atoms with Gasteiger partial charge in [-0.3, -0.25) is 4.79 Å². The Kier molecular flexibility index (Phi) is 3.26. The van der Waals surface area contributed by atoms with Gasteiger partial charge < -0.3 is 4.48 Å². The average molecular weight is 182 g/mol. The zero-order valence-electron chi connectivity index (χ0n) is 8.81. The number of carbonyl (C=O) groups is 1. The van der Waals surface area contributed by atoms with Crippen LogP contribution in [0.1, 0.15) is 26.7 Å². The summed E-state index contributed by atoms with van der Waals surface area (Å²) in [4.78, 5) is 11.1. The summed E-state index contributed by atoms with van der Waals surface area (Å²) in [7, 11) is 0. The maximum atomic E-state index is 11.1. The van der Waals surface area contributed by atoms with Crippen molar-refractivity contribution in [2.24, 2.45) is 0 Å². The van der Waals surface area contributed by atoms with E-state index in [-0.39, 0.29) is 0 Å². The molecule has 2 heteroatoms.